The van der Waals surface area contributed by atoms with Gasteiger partial charge in [0, 0.05) is 6.04 Å². The Morgan fingerprint density at radius 1 is 1.52 bits per heavy atom. The van der Waals surface area contributed by atoms with Gasteiger partial charge in [-0.15, -0.1) is 0 Å². The fourth-order valence-corrected chi connectivity index (χ4v) is 2.92. The fraction of sp³-hybridized carbons (Fsp3) is 0.571. The van der Waals surface area contributed by atoms with E-state index in [0.29, 0.717) is 5.92 Å². The molecule has 21 heavy (non-hydrogen) atoms. The summed E-state index contributed by atoms with van der Waals surface area (Å²) in [4.78, 5) is 26.4. The summed E-state index contributed by atoms with van der Waals surface area (Å²) in [5.41, 5.74) is 5.20. The maximum Gasteiger partial charge on any atom is 0.300 e. The van der Waals surface area contributed by atoms with E-state index in [1.165, 1.54) is 12.5 Å². The number of rotatable bonds is 4. The van der Waals surface area contributed by atoms with Crippen molar-refractivity contribution in [1.29, 1.82) is 0 Å². The molecule has 1 fully saturated rings. The molecular formula is C14H20N4O3. The second-order valence-corrected chi connectivity index (χ2v) is 5.42. The fourth-order valence-electron chi connectivity index (χ4n) is 2.92. The Hall–Kier alpha value is -2.18. The van der Waals surface area contributed by atoms with E-state index in [4.69, 9.17) is 5.73 Å². The number of nitrogen functional groups attached to an aromatic ring is 1. The number of anilines is 1. The van der Waals surface area contributed by atoms with Crippen LogP contribution >= 0.6 is 0 Å². The summed E-state index contributed by atoms with van der Waals surface area (Å²) in [6.07, 6.45) is 6.27. The Labute approximate surface area is 123 Å². The molecule has 0 bridgehead atoms. The molecule has 0 radical (unpaired) electrons. The van der Waals surface area contributed by atoms with Crippen molar-refractivity contribution in [3.05, 3.63) is 27.9 Å². The summed E-state index contributed by atoms with van der Waals surface area (Å²) < 4.78 is 0. The van der Waals surface area contributed by atoms with Crippen LogP contribution in [-0.4, -0.2) is 21.9 Å². The highest BCUT2D eigenvalue weighted by Gasteiger charge is 2.28. The first-order valence-corrected chi connectivity index (χ1v) is 7.23. The Morgan fingerprint density at radius 3 is 2.90 bits per heavy atom. The molecule has 0 aliphatic heterocycles. The van der Waals surface area contributed by atoms with Crippen molar-refractivity contribution in [2.75, 3.05) is 5.73 Å². The second-order valence-electron chi connectivity index (χ2n) is 5.42. The molecule has 1 aliphatic rings. The van der Waals surface area contributed by atoms with Gasteiger partial charge in [0.05, 0.1) is 4.92 Å². The van der Waals surface area contributed by atoms with Crippen molar-refractivity contribution in [3.63, 3.8) is 0 Å². The third-order valence-electron chi connectivity index (χ3n) is 4.10. The third kappa shape index (κ3) is 3.48. The van der Waals surface area contributed by atoms with Gasteiger partial charge >= 0.3 is 0 Å². The number of pyridine rings is 1. The highest BCUT2D eigenvalue weighted by molar-refractivity contribution is 5.98. The predicted octanol–water partition coefficient (Wildman–Crippen LogP) is 2.27. The summed E-state index contributed by atoms with van der Waals surface area (Å²) >= 11 is 0. The van der Waals surface area contributed by atoms with Crippen molar-refractivity contribution in [2.24, 2.45) is 5.92 Å². The molecule has 114 valence electrons. The van der Waals surface area contributed by atoms with Crippen LogP contribution in [0.1, 0.15) is 49.4 Å². The third-order valence-corrected chi connectivity index (χ3v) is 4.10. The molecule has 1 aliphatic carbocycles. The highest BCUT2D eigenvalue weighted by atomic mass is 16.6. The lowest BCUT2D eigenvalue weighted by Crippen LogP contribution is -2.42. The monoisotopic (exact) mass is 292 g/mol. The van der Waals surface area contributed by atoms with Crippen LogP contribution in [-0.2, 0) is 0 Å². The zero-order valence-corrected chi connectivity index (χ0v) is 12.0. The number of amides is 1. The van der Waals surface area contributed by atoms with Crippen LogP contribution in [0.15, 0.2) is 12.3 Å². The number of carbonyl (C=O) groups is 1. The molecule has 3 N–H and O–H groups in total. The Bertz CT molecular complexity index is 547. The zero-order chi connectivity index (χ0) is 15.4. The van der Waals surface area contributed by atoms with Gasteiger partial charge in [0.1, 0.15) is 17.6 Å². The molecule has 0 aromatic carbocycles. The molecule has 1 aromatic heterocycles. The number of hydrogen-bond donors (Lipinski definition) is 2. The Morgan fingerprint density at radius 2 is 2.24 bits per heavy atom. The first kappa shape index (κ1) is 15.2. The van der Waals surface area contributed by atoms with Crippen molar-refractivity contribution in [1.82, 2.24) is 10.3 Å². The summed E-state index contributed by atoms with van der Waals surface area (Å²) in [6.45, 7) is 2.10. The van der Waals surface area contributed by atoms with Crippen LogP contribution < -0.4 is 11.1 Å². The first-order valence-electron chi connectivity index (χ1n) is 7.23. The standard InChI is InChI=1S/C14H20N4O3/c1-2-9-5-3-4-6-11(9)17-14(19)10-7-13(15)16-8-12(10)18(20)21/h7-9,11H,2-6H2,1H3,(H2,15,16)(H,17,19). The van der Waals surface area contributed by atoms with Crippen molar-refractivity contribution >= 4 is 17.4 Å². The molecule has 2 unspecified atom stereocenters. The molecule has 7 heteroatoms. The lowest BCUT2D eigenvalue weighted by atomic mass is 9.83. The summed E-state index contributed by atoms with van der Waals surface area (Å²) in [7, 11) is 0. The topological polar surface area (TPSA) is 111 Å². The van der Waals surface area contributed by atoms with E-state index in [9.17, 15) is 14.9 Å². The van der Waals surface area contributed by atoms with Gasteiger partial charge in [-0.2, -0.15) is 0 Å². The van der Waals surface area contributed by atoms with Crippen LogP contribution in [0, 0.1) is 16.0 Å². The lowest BCUT2D eigenvalue weighted by molar-refractivity contribution is -0.385. The summed E-state index contributed by atoms with van der Waals surface area (Å²) in [6, 6.07) is 1.34. The average molecular weight is 292 g/mol. The van der Waals surface area contributed by atoms with Crippen LogP contribution in [0.5, 0.6) is 0 Å². The largest absolute Gasteiger partial charge is 0.384 e. The molecule has 1 amide bonds. The van der Waals surface area contributed by atoms with Crippen LogP contribution in [0.3, 0.4) is 0 Å². The maximum absolute atomic E-state index is 12.4. The number of hydrogen-bond acceptors (Lipinski definition) is 5. The maximum atomic E-state index is 12.4. The van der Waals surface area contributed by atoms with E-state index in [0.717, 1.165) is 31.9 Å². The van der Waals surface area contributed by atoms with Gasteiger partial charge in [-0.3, -0.25) is 14.9 Å². The molecule has 1 heterocycles. The number of nitrogens with zero attached hydrogens (tertiary/aromatic N) is 2. The molecule has 1 aromatic rings. The zero-order valence-electron chi connectivity index (χ0n) is 12.0. The van der Waals surface area contributed by atoms with Gasteiger partial charge in [-0.1, -0.05) is 26.2 Å². The molecule has 0 saturated heterocycles. The predicted molar refractivity (Wildman–Crippen MR) is 78.8 cm³/mol. The molecule has 1 saturated carbocycles. The normalized spacial score (nSPS) is 21.8. The van der Waals surface area contributed by atoms with E-state index in [2.05, 4.69) is 17.2 Å². The lowest BCUT2D eigenvalue weighted by Gasteiger charge is -2.31. The van der Waals surface area contributed by atoms with Crippen molar-refractivity contribution in [3.8, 4) is 0 Å². The van der Waals surface area contributed by atoms with E-state index >= 15 is 0 Å². The number of nitrogens with one attached hydrogen (secondary N) is 1. The summed E-state index contributed by atoms with van der Waals surface area (Å²) in [5, 5.41) is 13.9. The number of aromatic nitrogens is 1. The quantitative estimate of drug-likeness (QED) is 0.653. The minimum atomic E-state index is -0.612. The first-order chi connectivity index (χ1) is 10.0. The van der Waals surface area contributed by atoms with E-state index < -0.39 is 10.8 Å². The van der Waals surface area contributed by atoms with E-state index in [1.807, 2.05) is 0 Å². The highest BCUT2D eigenvalue weighted by Crippen LogP contribution is 2.27. The van der Waals surface area contributed by atoms with Crippen molar-refractivity contribution in [2.45, 2.75) is 45.1 Å². The van der Waals surface area contributed by atoms with E-state index in [-0.39, 0.29) is 23.1 Å². The van der Waals surface area contributed by atoms with Gasteiger partial charge in [-0.25, -0.2) is 4.98 Å². The number of nitro groups is 1. The molecule has 0 spiro atoms. The smallest absolute Gasteiger partial charge is 0.300 e. The minimum Gasteiger partial charge on any atom is -0.384 e. The van der Waals surface area contributed by atoms with Gasteiger partial charge in [0.25, 0.3) is 11.6 Å². The number of carbonyl (C=O) groups excluding carboxylic acids is 1. The number of nitrogens with two attached hydrogens (primary N) is 1. The van der Waals surface area contributed by atoms with Gasteiger partial charge in [-0.05, 0) is 24.8 Å². The average Bonchev–Trinajstić information content (AvgIpc) is 2.47. The van der Waals surface area contributed by atoms with Crippen LogP contribution in [0.2, 0.25) is 0 Å². The van der Waals surface area contributed by atoms with Gasteiger partial charge in [0.2, 0.25) is 0 Å². The molecular weight excluding hydrogens is 272 g/mol. The van der Waals surface area contributed by atoms with E-state index in [1.54, 1.807) is 0 Å². The molecule has 7 nitrogen and oxygen atoms in total. The Kier molecular flexibility index (Phi) is 4.72. The molecule has 2 rings (SSSR count). The Balaban J connectivity index is 2.19. The minimum absolute atomic E-state index is 0.0204. The second kappa shape index (κ2) is 6.51. The van der Waals surface area contributed by atoms with Crippen LogP contribution in [0.25, 0.3) is 0 Å². The van der Waals surface area contributed by atoms with Gasteiger partial charge < -0.3 is 11.1 Å². The SMILES string of the molecule is CCC1CCCCC1NC(=O)c1cc(N)ncc1[N+](=O)[O-]. The molecule has 2 atom stereocenters. The van der Waals surface area contributed by atoms with Crippen molar-refractivity contribution < 1.29 is 9.72 Å². The van der Waals surface area contributed by atoms with Crippen LogP contribution in [0.4, 0.5) is 11.5 Å². The summed E-state index contributed by atoms with van der Waals surface area (Å²) in [5.74, 6) is 0.0866. The van der Waals surface area contributed by atoms with Gasteiger partial charge in [0.15, 0.2) is 0 Å².